The molecule has 0 spiro atoms. The van der Waals surface area contributed by atoms with Gasteiger partial charge in [0.05, 0.1) is 6.10 Å². The van der Waals surface area contributed by atoms with E-state index in [4.69, 9.17) is 4.74 Å². The molecule has 0 radical (unpaired) electrons. The molecule has 2 saturated heterocycles. The van der Waals surface area contributed by atoms with Crippen molar-refractivity contribution >= 4 is 0 Å². The predicted molar refractivity (Wildman–Crippen MR) is 75.9 cm³/mol. The maximum Gasteiger partial charge on any atom is 0.0588 e. The molecule has 1 N–H and O–H groups in total. The molecule has 0 amide bonds. The van der Waals surface area contributed by atoms with Gasteiger partial charge in [-0.2, -0.15) is 0 Å². The second kappa shape index (κ2) is 7.46. The molecule has 3 nitrogen and oxygen atoms in total. The van der Waals surface area contributed by atoms with E-state index in [1.54, 1.807) is 0 Å². The van der Waals surface area contributed by atoms with Gasteiger partial charge in [-0.1, -0.05) is 6.92 Å². The fourth-order valence-electron chi connectivity index (χ4n) is 3.36. The minimum atomic E-state index is 0.559. The fraction of sp³-hybridized carbons (Fsp3) is 1.00. The Morgan fingerprint density at radius 3 is 2.67 bits per heavy atom. The van der Waals surface area contributed by atoms with Crippen molar-refractivity contribution in [1.82, 2.24) is 10.2 Å². The van der Waals surface area contributed by atoms with Crippen LogP contribution in [0, 0.1) is 5.92 Å². The van der Waals surface area contributed by atoms with Crippen molar-refractivity contribution in [1.29, 1.82) is 0 Å². The smallest absolute Gasteiger partial charge is 0.0588 e. The minimum absolute atomic E-state index is 0.559. The molecule has 18 heavy (non-hydrogen) atoms. The van der Waals surface area contributed by atoms with Gasteiger partial charge in [0.15, 0.2) is 0 Å². The monoisotopic (exact) mass is 254 g/mol. The van der Waals surface area contributed by atoms with Gasteiger partial charge in [0.1, 0.15) is 0 Å². The predicted octanol–water partition coefficient (Wildman–Crippen LogP) is 2.27. The van der Waals surface area contributed by atoms with Crippen LogP contribution < -0.4 is 5.32 Å². The Balaban J connectivity index is 1.60. The lowest BCUT2D eigenvalue weighted by atomic mass is 9.90. The zero-order valence-corrected chi connectivity index (χ0v) is 12.2. The van der Waals surface area contributed by atoms with Crippen molar-refractivity contribution in [2.75, 3.05) is 32.8 Å². The van der Waals surface area contributed by atoms with E-state index in [2.05, 4.69) is 24.1 Å². The van der Waals surface area contributed by atoms with E-state index in [-0.39, 0.29) is 0 Å². The van der Waals surface area contributed by atoms with Crippen LogP contribution in [0.5, 0.6) is 0 Å². The molecular weight excluding hydrogens is 224 g/mol. The third kappa shape index (κ3) is 4.22. The van der Waals surface area contributed by atoms with Crippen LogP contribution in [-0.2, 0) is 4.74 Å². The zero-order chi connectivity index (χ0) is 12.8. The van der Waals surface area contributed by atoms with E-state index >= 15 is 0 Å². The Labute approximate surface area is 112 Å². The van der Waals surface area contributed by atoms with Crippen molar-refractivity contribution in [3.8, 4) is 0 Å². The molecule has 2 heterocycles. The van der Waals surface area contributed by atoms with Gasteiger partial charge in [-0.05, 0) is 64.6 Å². The first-order valence-electron chi connectivity index (χ1n) is 7.87. The van der Waals surface area contributed by atoms with E-state index < -0.39 is 0 Å². The second-order valence-electron chi connectivity index (χ2n) is 5.95. The third-order valence-corrected chi connectivity index (χ3v) is 4.66. The van der Waals surface area contributed by atoms with Gasteiger partial charge in [0.25, 0.3) is 0 Å². The number of nitrogens with one attached hydrogen (secondary N) is 1. The fourth-order valence-corrected chi connectivity index (χ4v) is 3.36. The highest BCUT2D eigenvalue weighted by molar-refractivity contribution is 4.80. The summed E-state index contributed by atoms with van der Waals surface area (Å²) in [5.74, 6) is 0.879. The quantitative estimate of drug-likeness (QED) is 0.787. The summed E-state index contributed by atoms with van der Waals surface area (Å²) in [5, 5.41) is 3.57. The maximum absolute atomic E-state index is 5.70. The van der Waals surface area contributed by atoms with E-state index in [9.17, 15) is 0 Å². The molecule has 0 saturated carbocycles. The highest BCUT2D eigenvalue weighted by Crippen LogP contribution is 2.22. The second-order valence-corrected chi connectivity index (χ2v) is 5.95. The van der Waals surface area contributed by atoms with E-state index in [0.29, 0.717) is 12.1 Å². The Hall–Kier alpha value is -0.120. The highest BCUT2D eigenvalue weighted by atomic mass is 16.5. The number of likely N-dealkylation sites (tertiary alicyclic amines) is 1. The molecule has 0 bridgehead atoms. The molecule has 2 atom stereocenters. The summed E-state index contributed by atoms with van der Waals surface area (Å²) in [7, 11) is 0. The van der Waals surface area contributed by atoms with Crippen LogP contribution in [0.25, 0.3) is 0 Å². The number of hydrogen-bond acceptors (Lipinski definition) is 3. The summed E-state index contributed by atoms with van der Waals surface area (Å²) < 4.78 is 5.70. The normalized spacial score (nSPS) is 28.7. The lowest BCUT2D eigenvalue weighted by Gasteiger charge is -2.35. The summed E-state index contributed by atoms with van der Waals surface area (Å²) >= 11 is 0. The zero-order valence-electron chi connectivity index (χ0n) is 12.2. The molecule has 3 heteroatoms. The molecular formula is C15H30N2O. The van der Waals surface area contributed by atoms with E-state index in [1.807, 2.05) is 0 Å². The molecule has 0 aromatic rings. The van der Waals surface area contributed by atoms with Gasteiger partial charge in [-0.3, -0.25) is 0 Å². The largest absolute Gasteiger partial charge is 0.378 e. The van der Waals surface area contributed by atoms with Gasteiger partial charge in [0.2, 0.25) is 0 Å². The van der Waals surface area contributed by atoms with Gasteiger partial charge in [-0.25, -0.2) is 0 Å². The van der Waals surface area contributed by atoms with E-state index in [1.165, 1.54) is 51.7 Å². The van der Waals surface area contributed by atoms with E-state index in [0.717, 1.165) is 19.1 Å². The number of rotatable bonds is 6. The molecule has 0 aromatic carbocycles. The summed E-state index contributed by atoms with van der Waals surface area (Å²) in [5.41, 5.74) is 0. The lowest BCUT2D eigenvalue weighted by molar-refractivity contribution is 0.0830. The first-order chi connectivity index (χ1) is 8.79. The minimum Gasteiger partial charge on any atom is -0.378 e. The van der Waals surface area contributed by atoms with Crippen molar-refractivity contribution in [2.24, 2.45) is 5.92 Å². The summed E-state index contributed by atoms with van der Waals surface area (Å²) in [6, 6.07) is 0.690. The van der Waals surface area contributed by atoms with Crippen molar-refractivity contribution in [3.63, 3.8) is 0 Å². The average Bonchev–Trinajstić information content (AvgIpc) is 2.90. The van der Waals surface area contributed by atoms with Crippen LogP contribution in [0.1, 0.15) is 46.0 Å². The van der Waals surface area contributed by atoms with Gasteiger partial charge in [0, 0.05) is 19.2 Å². The topological polar surface area (TPSA) is 24.5 Å². The van der Waals surface area contributed by atoms with Crippen LogP contribution in [0.2, 0.25) is 0 Å². The van der Waals surface area contributed by atoms with Crippen LogP contribution in [0.15, 0.2) is 0 Å². The molecule has 2 aliphatic heterocycles. The summed E-state index contributed by atoms with van der Waals surface area (Å²) in [6.07, 6.45) is 7.08. The first-order valence-corrected chi connectivity index (χ1v) is 7.87. The number of piperidine rings is 1. The SMILES string of the molecule is CCNC(C)C1CCN(CCC2CCCO2)CC1. The Morgan fingerprint density at radius 2 is 2.06 bits per heavy atom. The standard InChI is InChI=1S/C15H30N2O/c1-3-16-13(2)14-6-9-17(10-7-14)11-8-15-5-4-12-18-15/h13-16H,3-12H2,1-2H3. The molecule has 2 rings (SSSR count). The average molecular weight is 254 g/mol. The molecule has 2 unspecified atom stereocenters. The highest BCUT2D eigenvalue weighted by Gasteiger charge is 2.24. The Morgan fingerprint density at radius 1 is 1.28 bits per heavy atom. The van der Waals surface area contributed by atoms with Gasteiger partial charge >= 0.3 is 0 Å². The molecule has 2 fully saturated rings. The van der Waals surface area contributed by atoms with Crippen molar-refractivity contribution in [2.45, 2.75) is 58.1 Å². The molecule has 0 aromatic heterocycles. The lowest BCUT2D eigenvalue weighted by Crippen LogP contribution is -2.42. The first kappa shape index (κ1) is 14.3. The van der Waals surface area contributed by atoms with Crippen molar-refractivity contribution in [3.05, 3.63) is 0 Å². The van der Waals surface area contributed by atoms with Crippen LogP contribution in [0.3, 0.4) is 0 Å². The third-order valence-electron chi connectivity index (χ3n) is 4.66. The summed E-state index contributed by atoms with van der Waals surface area (Å²) in [6.45, 7) is 10.4. The Kier molecular flexibility index (Phi) is 5.93. The molecule has 106 valence electrons. The number of nitrogens with zero attached hydrogens (tertiary/aromatic N) is 1. The van der Waals surface area contributed by atoms with Crippen LogP contribution >= 0.6 is 0 Å². The van der Waals surface area contributed by atoms with Crippen molar-refractivity contribution < 1.29 is 4.74 Å². The maximum atomic E-state index is 5.70. The van der Waals surface area contributed by atoms with Gasteiger partial charge in [-0.15, -0.1) is 0 Å². The summed E-state index contributed by atoms with van der Waals surface area (Å²) in [4.78, 5) is 2.64. The molecule has 0 aliphatic carbocycles. The van der Waals surface area contributed by atoms with Crippen LogP contribution in [0.4, 0.5) is 0 Å². The number of ether oxygens (including phenoxy) is 1. The number of hydrogen-bond donors (Lipinski definition) is 1. The van der Waals surface area contributed by atoms with Gasteiger partial charge < -0.3 is 15.0 Å². The van der Waals surface area contributed by atoms with Crippen LogP contribution in [-0.4, -0.2) is 49.8 Å². The molecule has 2 aliphatic rings. The Bertz CT molecular complexity index is 221.